The fourth-order valence-electron chi connectivity index (χ4n) is 3.08. The molecule has 4 nitrogen and oxygen atoms in total. The number of hydrogen-bond donors (Lipinski definition) is 2. The van der Waals surface area contributed by atoms with E-state index in [2.05, 4.69) is 17.3 Å². The Morgan fingerprint density at radius 1 is 1.17 bits per heavy atom. The molecule has 0 bridgehead atoms. The summed E-state index contributed by atoms with van der Waals surface area (Å²) in [5.74, 6) is 0.939. The van der Waals surface area contributed by atoms with Gasteiger partial charge in [-0.1, -0.05) is 0 Å². The summed E-state index contributed by atoms with van der Waals surface area (Å²) in [6, 6.07) is 0.347. The van der Waals surface area contributed by atoms with E-state index < -0.39 is 0 Å². The summed E-state index contributed by atoms with van der Waals surface area (Å²) in [6.45, 7) is 2.38. The van der Waals surface area contributed by atoms with Crippen LogP contribution in [0.1, 0.15) is 38.5 Å². The molecule has 1 amide bonds. The monoisotopic (exact) mass is 254 g/mol. The molecule has 1 saturated heterocycles. The Kier molecular flexibility index (Phi) is 5.01. The largest absolute Gasteiger partial charge is 0.396 e. The minimum absolute atomic E-state index is 0.219. The van der Waals surface area contributed by atoms with Gasteiger partial charge in [0.25, 0.3) is 0 Å². The highest BCUT2D eigenvalue weighted by Crippen LogP contribution is 2.24. The van der Waals surface area contributed by atoms with Gasteiger partial charge in [0, 0.05) is 18.6 Å². The lowest BCUT2D eigenvalue weighted by Crippen LogP contribution is -2.44. The molecule has 0 aromatic carbocycles. The number of aliphatic hydroxyl groups is 1. The lowest BCUT2D eigenvalue weighted by Gasteiger charge is -2.32. The summed E-state index contributed by atoms with van der Waals surface area (Å²) in [7, 11) is 2.12. The van der Waals surface area contributed by atoms with Crippen LogP contribution < -0.4 is 5.32 Å². The van der Waals surface area contributed by atoms with E-state index in [4.69, 9.17) is 5.11 Å². The van der Waals surface area contributed by atoms with E-state index in [1.807, 2.05) is 0 Å². The van der Waals surface area contributed by atoms with Crippen molar-refractivity contribution in [3.63, 3.8) is 0 Å². The summed E-state index contributed by atoms with van der Waals surface area (Å²) in [6.07, 6.45) is 6.15. The normalized spacial score (nSPS) is 31.2. The van der Waals surface area contributed by atoms with Gasteiger partial charge in [0.2, 0.25) is 5.91 Å². The van der Waals surface area contributed by atoms with Gasteiger partial charge in [0.15, 0.2) is 0 Å². The molecule has 0 radical (unpaired) electrons. The van der Waals surface area contributed by atoms with Gasteiger partial charge in [-0.25, -0.2) is 0 Å². The van der Waals surface area contributed by atoms with E-state index in [0.29, 0.717) is 18.6 Å². The van der Waals surface area contributed by atoms with E-state index in [1.54, 1.807) is 0 Å². The van der Waals surface area contributed by atoms with Gasteiger partial charge in [0.1, 0.15) is 0 Å². The third-order valence-corrected chi connectivity index (χ3v) is 4.54. The molecule has 104 valence electrons. The van der Waals surface area contributed by atoms with Gasteiger partial charge < -0.3 is 15.3 Å². The molecule has 4 heteroatoms. The molecule has 0 aromatic rings. The fourth-order valence-corrected chi connectivity index (χ4v) is 3.08. The third kappa shape index (κ3) is 3.69. The molecule has 1 aliphatic heterocycles. The van der Waals surface area contributed by atoms with Crippen LogP contribution in [-0.4, -0.2) is 48.7 Å². The Hall–Kier alpha value is -0.610. The van der Waals surface area contributed by atoms with Crippen molar-refractivity contribution < 1.29 is 9.90 Å². The molecule has 2 aliphatic rings. The van der Waals surface area contributed by atoms with Crippen LogP contribution in [0.4, 0.5) is 0 Å². The number of hydrogen-bond acceptors (Lipinski definition) is 3. The molecule has 0 unspecified atom stereocenters. The van der Waals surface area contributed by atoms with Crippen LogP contribution in [0.15, 0.2) is 0 Å². The Bertz CT molecular complexity index is 267. The van der Waals surface area contributed by atoms with Crippen LogP contribution >= 0.6 is 0 Å². The smallest absolute Gasteiger partial charge is 0.223 e. The average Bonchev–Trinajstić information content (AvgIpc) is 2.40. The second-order valence-corrected chi connectivity index (χ2v) is 5.99. The summed E-state index contributed by atoms with van der Waals surface area (Å²) in [4.78, 5) is 14.4. The van der Waals surface area contributed by atoms with Crippen molar-refractivity contribution in [2.24, 2.45) is 11.8 Å². The molecule has 1 heterocycles. The quantitative estimate of drug-likeness (QED) is 0.790. The van der Waals surface area contributed by atoms with Crippen molar-refractivity contribution in [1.82, 2.24) is 10.2 Å². The minimum atomic E-state index is 0.219. The molecular formula is C14H26N2O2. The Morgan fingerprint density at radius 2 is 1.78 bits per heavy atom. The lowest BCUT2D eigenvalue weighted by molar-refractivity contribution is -0.127. The molecule has 2 fully saturated rings. The first-order valence-electron chi connectivity index (χ1n) is 7.29. The molecule has 18 heavy (non-hydrogen) atoms. The van der Waals surface area contributed by atoms with E-state index in [0.717, 1.165) is 51.6 Å². The number of likely N-dealkylation sites (tertiary alicyclic amines) is 1. The first-order valence-corrected chi connectivity index (χ1v) is 7.29. The van der Waals surface area contributed by atoms with Crippen molar-refractivity contribution >= 4 is 5.91 Å². The van der Waals surface area contributed by atoms with Crippen LogP contribution in [0, 0.1) is 11.8 Å². The minimum Gasteiger partial charge on any atom is -0.396 e. The predicted molar refractivity (Wildman–Crippen MR) is 71.2 cm³/mol. The predicted octanol–water partition coefficient (Wildman–Crippen LogP) is 0.995. The standard InChI is InChI=1S/C14H26N2O2/c1-16-8-6-12(7-9-16)14(18)15-13-4-2-11(10-17)3-5-13/h11-13,17H,2-10H2,1H3,(H,15,18). The Morgan fingerprint density at radius 3 is 2.33 bits per heavy atom. The van der Waals surface area contributed by atoms with Gasteiger partial charge in [-0.05, 0) is 64.6 Å². The number of amides is 1. The van der Waals surface area contributed by atoms with Gasteiger partial charge in [-0.3, -0.25) is 4.79 Å². The molecule has 0 atom stereocenters. The fraction of sp³-hybridized carbons (Fsp3) is 0.929. The third-order valence-electron chi connectivity index (χ3n) is 4.54. The maximum Gasteiger partial charge on any atom is 0.223 e. The number of carbonyl (C=O) groups is 1. The zero-order chi connectivity index (χ0) is 13.0. The maximum absolute atomic E-state index is 12.1. The molecule has 2 rings (SSSR count). The molecule has 1 saturated carbocycles. The number of nitrogens with zero attached hydrogens (tertiary/aromatic N) is 1. The highest BCUT2D eigenvalue weighted by atomic mass is 16.3. The number of rotatable bonds is 3. The summed E-state index contributed by atoms with van der Waals surface area (Å²) in [5, 5.41) is 12.3. The summed E-state index contributed by atoms with van der Waals surface area (Å²) in [5.41, 5.74) is 0. The SMILES string of the molecule is CN1CCC(C(=O)NC2CCC(CO)CC2)CC1. The van der Waals surface area contributed by atoms with Gasteiger partial charge >= 0.3 is 0 Å². The van der Waals surface area contributed by atoms with Crippen LogP contribution in [0.5, 0.6) is 0 Å². The van der Waals surface area contributed by atoms with Crippen LogP contribution in [0.2, 0.25) is 0 Å². The van der Waals surface area contributed by atoms with Crippen molar-refractivity contribution in [1.29, 1.82) is 0 Å². The van der Waals surface area contributed by atoms with Gasteiger partial charge in [-0.15, -0.1) is 0 Å². The number of aliphatic hydroxyl groups excluding tert-OH is 1. The number of piperidine rings is 1. The molecule has 0 spiro atoms. The highest BCUT2D eigenvalue weighted by molar-refractivity contribution is 5.79. The highest BCUT2D eigenvalue weighted by Gasteiger charge is 2.27. The van der Waals surface area contributed by atoms with E-state index in [-0.39, 0.29) is 11.8 Å². The topological polar surface area (TPSA) is 52.6 Å². The van der Waals surface area contributed by atoms with Gasteiger partial charge in [-0.2, -0.15) is 0 Å². The van der Waals surface area contributed by atoms with E-state index >= 15 is 0 Å². The van der Waals surface area contributed by atoms with E-state index in [1.165, 1.54) is 0 Å². The van der Waals surface area contributed by atoms with Crippen molar-refractivity contribution in [2.45, 2.75) is 44.6 Å². The maximum atomic E-state index is 12.1. The van der Waals surface area contributed by atoms with Crippen LogP contribution in [0.25, 0.3) is 0 Å². The zero-order valence-electron chi connectivity index (χ0n) is 11.4. The zero-order valence-corrected chi connectivity index (χ0v) is 11.4. The number of nitrogens with one attached hydrogen (secondary N) is 1. The number of carbonyl (C=O) groups excluding carboxylic acids is 1. The Balaban J connectivity index is 1.71. The van der Waals surface area contributed by atoms with Crippen LogP contribution in [-0.2, 0) is 4.79 Å². The second-order valence-electron chi connectivity index (χ2n) is 5.99. The second kappa shape index (κ2) is 6.53. The molecule has 2 N–H and O–H groups in total. The molecule has 0 aromatic heterocycles. The average molecular weight is 254 g/mol. The summed E-state index contributed by atoms with van der Waals surface area (Å²) >= 11 is 0. The van der Waals surface area contributed by atoms with Gasteiger partial charge in [0.05, 0.1) is 0 Å². The van der Waals surface area contributed by atoms with Crippen LogP contribution in [0.3, 0.4) is 0 Å². The molecule has 1 aliphatic carbocycles. The first-order chi connectivity index (χ1) is 8.69. The van der Waals surface area contributed by atoms with Crippen molar-refractivity contribution in [3.8, 4) is 0 Å². The summed E-state index contributed by atoms with van der Waals surface area (Å²) < 4.78 is 0. The molecular weight excluding hydrogens is 228 g/mol. The van der Waals surface area contributed by atoms with E-state index in [9.17, 15) is 4.79 Å². The Labute approximate surface area is 110 Å². The van der Waals surface area contributed by atoms with Crippen molar-refractivity contribution in [2.75, 3.05) is 26.7 Å². The van der Waals surface area contributed by atoms with Crippen molar-refractivity contribution in [3.05, 3.63) is 0 Å². The first kappa shape index (κ1) is 13.8. The lowest BCUT2D eigenvalue weighted by atomic mass is 9.86.